The van der Waals surface area contributed by atoms with Crippen LogP contribution in [0.2, 0.25) is 0 Å². The molecule has 0 spiro atoms. The van der Waals surface area contributed by atoms with Crippen LogP contribution >= 0.6 is 0 Å². The molecule has 2 aromatic heterocycles. The summed E-state index contributed by atoms with van der Waals surface area (Å²) < 4.78 is 1.78. The zero-order chi connectivity index (χ0) is 12.3. The van der Waals surface area contributed by atoms with Crippen LogP contribution in [0.25, 0.3) is 5.78 Å². The van der Waals surface area contributed by atoms with Gasteiger partial charge in [-0.2, -0.15) is 14.6 Å². The summed E-state index contributed by atoms with van der Waals surface area (Å²) in [7, 11) is 0. The van der Waals surface area contributed by atoms with E-state index in [2.05, 4.69) is 20.0 Å². The Morgan fingerprint density at radius 1 is 1.56 bits per heavy atom. The molecule has 0 aromatic carbocycles. The number of aryl methyl sites for hydroxylation is 1. The number of aromatic nitrogens is 4. The lowest BCUT2D eigenvalue weighted by molar-refractivity contribution is 0.216. The minimum absolute atomic E-state index is 0.143. The Morgan fingerprint density at radius 2 is 2.44 bits per heavy atom. The Hall–Kier alpha value is -1.69. The number of aliphatic hydroxyl groups excluding tert-OH is 1. The van der Waals surface area contributed by atoms with Gasteiger partial charge in [-0.1, -0.05) is 0 Å². The monoisotopic (exact) mass is 245 g/mol. The topological polar surface area (TPSA) is 66.5 Å². The van der Waals surface area contributed by atoms with E-state index in [1.807, 2.05) is 13.0 Å². The van der Waals surface area contributed by atoms with Crippen LogP contribution < -0.4 is 4.90 Å². The van der Waals surface area contributed by atoms with Crippen LogP contribution in [-0.2, 0) is 0 Å². The molecule has 1 saturated heterocycles. The van der Waals surface area contributed by atoms with Crippen molar-refractivity contribution in [1.82, 2.24) is 19.6 Å². The van der Waals surface area contributed by atoms with Crippen LogP contribution in [0.4, 0.5) is 5.82 Å². The molecule has 4 rings (SSSR count). The van der Waals surface area contributed by atoms with Crippen molar-refractivity contribution in [1.29, 1.82) is 0 Å². The van der Waals surface area contributed by atoms with Gasteiger partial charge in [-0.3, -0.25) is 0 Å². The number of anilines is 1. The van der Waals surface area contributed by atoms with E-state index in [0.717, 1.165) is 31.0 Å². The van der Waals surface area contributed by atoms with Gasteiger partial charge in [-0.05, 0) is 19.3 Å². The summed E-state index contributed by atoms with van der Waals surface area (Å²) in [6.45, 7) is 4.17. The maximum atomic E-state index is 9.49. The molecular formula is C12H15N5O. The predicted molar refractivity (Wildman–Crippen MR) is 65.4 cm³/mol. The van der Waals surface area contributed by atoms with Crippen molar-refractivity contribution in [2.75, 3.05) is 24.6 Å². The molecule has 6 nitrogen and oxygen atoms in total. The van der Waals surface area contributed by atoms with E-state index < -0.39 is 0 Å². The van der Waals surface area contributed by atoms with E-state index >= 15 is 0 Å². The van der Waals surface area contributed by atoms with Crippen molar-refractivity contribution in [3.63, 3.8) is 0 Å². The molecule has 0 amide bonds. The fraction of sp³-hybridized carbons (Fsp3) is 0.583. The van der Waals surface area contributed by atoms with Crippen LogP contribution in [-0.4, -0.2) is 44.4 Å². The third-order valence-corrected chi connectivity index (χ3v) is 4.31. The van der Waals surface area contributed by atoms with Crippen LogP contribution in [0.5, 0.6) is 0 Å². The molecule has 0 bridgehead atoms. The highest BCUT2D eigenvalue weighted by atomic mass is 16.3. The largest absolute Gasteiger partial charge is 0.396 e. The molecule has 3 heterocycles. The predicted octanol–water partition coefficient (Wildman–Crippen LogP) is 0.251. The smallest absolute Gasteiger partial charge is 0.254 e. The highest BCUT2D eigenvalue weighted by molar-refractivity contribution is 5.49. The first kappa shape index (κ1) is 10.3. The molecule has 1 aliphatic heterocycles. The van der Waals surface area contributed by atoms with Gasteiger partial charge in [0, 0.05) is 30.3 Å². The second kappa shape index (κ2) is 3.20. The fourth-order valence-corrected chi connectivity index (χ4v) is 3.15. The number of rotatable bonds is 2. The summed E-state index contributed by atoms with van der Waals surface area (Å²) in [4.78, 5) is 10.8. The van der Waals surface area contributed by atoms with Crippen molar-refractivity contribution in [2.24, 2.45) is 11.3 Å². The number of fused-ring (bicyclic) bond motifs is 2. The molecule has 2 fully saturated rings. The summed E-state index contributed by atoms with van der Waals surface area (Å²) >= 11 is 0. The number of aliphatic hydroxyl groups is 1. The Morgan fingerprint density at radius 3 is 3.22 bits per heavy atom. The van der Waals surface area contributed by atoms with Crippen LogP contribution in [0, 0.1) is 18.3 Å². The molecule has 0 radical (unpaired) electrons. The van der Waals surface area contributed by atoms with Gasteiger partial charge >= 0.3 is 0 Å². The number of piperidine rings is 1. The molecule has 94 valence electrons. The molecule has 2 aromatic rings. The second-order valence-electron chi connectivity index (χ2n) is 5.53. The number of hydrogen-bond donors (Lipinski definition) is 1. The molecule has 1 aliphatic carbocycles. The van der Waals surface area contributed by atoms with Gasteiger partial charge in [0.2, 0.25) is 0 Å². The Kier molecular flexibility index (Phi) is 1.82. The van der Waals surface area contributed by atoms with Gasteiger partial charge in [-0.15, -0.1) is 0 Å². The average molecular weight is 245 g/mol. The first-order valence-electron chi connectivity index (χ1n) is 6.25. The van der Waals surface area contributed by atoms with Crippen molar-refractivity contribution in [3.8, 4) is 0 Å². The first-order valence-corrected chi connectivity index (χ1v) is 6.25. The standard InChI is InChI=1S/C12H15N5O/c1-8-2-10(17-11(15-8)13-7-14-17)16-4-9-3-12(9,5-16)6-18/h2,7,9,18H,3-6H2,1H3. The van der Waals surface area contributed by atoms with E-state index in [1.54, 1.807) is 4.52 Å². The molecule has 6 heteroatoms. The van der Waals surface area contributed by atoms with Crippen molar-refractivity contribution >= 4 is 11.6 Å². The van der Waals surface area contributed by atoms with Gasteiger partial charge in [0.25, 0.3) is 5.78 Å². The third-order valence-electron chi connectivity index (χ3n) is 4.31. The number of hydrogen-bond acceptors (Lipinski definition) is 5. The highest BCUT2D eigenvalue weighted by Crippen LogP contribution is 2.57. The van der Waals surface area contributed by atoms with E-state index in [-0.39, 0.29) is 5.41 Å². The van der Waals surface area contributed by atoms with Crippen molar-refractivity contribution in [2.45, 2.75) is 13.3 Å². The molecular weight excluding hydrogens is 230 g/mol. The van der Waals surface area contributed by atoms with Gasteiger partial charge < -0.3 is 10.0 Å². The zero-order valence-corrected chi connectivity index (χ0v) is 10.2. The first-order chi connectivity index (χ1) is 8.72. The van der Waals surface area contributed by atoms with Gasteiger partial charge in [-0.25, -0.2) is 4.98 Å². The van der Waals surface area contributed by atoms with Crippen molar-refractivity contribution in [3.05, 3.63) is 18.1 Å². The molecule has 1 saturated carbocycles. The lowest BCUT2D eigenvalue weighted by atomic mass is 10.1. The third kappa shape index (κ3) is 1.23. The maximum absolute atomic E-state index is 9.49. The minimum atomic E-state index is 0.143. The summed E-state index contributed by atoms with van der Waals surface area (Å²) in [6.07, 6.45) is 2.69. The Labute approximate surface area is 104 Å². The van der Waals surface area contributed by atoms with E-state index in [1.165, 1.54) is 6.33 Å². The van der Waals surface area contributed by atoms with Crippen LogP contribution in [0.3, 0.4) is 0 Å². The Balaban J connectivity index is 1.77. The SMILES string of the molecule is Cc1cc(N2CC3CC3(CO)C2)n2ncnc2n1. The fourth-order valence-electron chi connectivity index (χ4n) is 3.15. The van der Waals surface area contributed by atoms with Gasteiger partial charge in [0.15, 0.2) is 0 Å². The molecule has 1 N–H and O–H groups in total. The summed E-state index contributed by atoms with van der Waals surface area (Å²) in [5.41, 5.74) is 1.09. The maximum Gasteiger partial charge on any atom is 0.254 e. The van der Waals surface area contributed by atoms with E-state index in [0.29, 0.717) is 18.3 Å². The van der Waals surface area contributed by atoms with Gasteiger partial charge in [0.1, 0.15) is 12.1 Å². The lowest BCUT2D eigenvalue weighted by Crippen LogP contribution is -2.28. The van der Waals surface area contributed by atoms with Crippen molar-refractivity contribution < 1.29 is 5.11 Å². The van der Waals surface area contributed by atoms with E-state index in [9.17, 15) is 5.11 Å². The lowest BCUT2D eigenvalue weighted by Gasteiger charge is -2.22. The Bertz CT molecular complexity index is 620. The summed E-state index contributed by atoms with van der Waals surface area (Å²) in [6, 6.07) is 2.04. The zero-order valence-electron chi connectivity index (χ0n) is 10.2. The van der Waals surface area contributed by atoms with Crippen LogP contribution in [0.1, 0.15) is 12.1 Å². The summed E-state index contributed by atoms with van der Waals surface area (Å²) in [5, 5.41) is 13.7. The quantitative estimate of drug-likeness (QED) is 0.821. The van der Waals surface area contributed by atoms with Gasteiger partial charge in [0.05, 0.1) is 6.61 Å². The normalized spacial score (nSPS) is 29.9. The average Bonchev–Trinajstić information content (AvgIpc) is 2.77. The van der Waals surface area contributed by atoms with Crippen LogP contribution in [0.15, 0.2) is 12.4 Å². The second-order valence-corrected chi connectivity index (χ2v) is 5.53. The molecule has 2 aliphatic rings. The number of nitrogens with zero attached hydrogens (tertiary/aromatic N) is 5. The molecule has 2 atom stereocenters. The highest BCUT2D eigenvalue weighted by Gasteiger charge is 2.59. The molecule has 2 unspecified atom stereocenters. The summed E-state index contributed by atoms with van der Waals surface area (Å²) in [5.74, 6) is 2.31. The minimum Gasteiger partial charge on any atom is -0.396 e. The van der Waals surface area contributed by atoms with E-state index in [4.69, 9.17) is 0 Å². The molecule has 18 heavy (non-hydrogen) atoms.